The number of anilines is 1. The molecule has 3 N–H and O–H groups in total. The molecule has 14 heteroatoms. The average Bonchev–Trinajstić information content (AvgIpc) is 2.56. The second kappa shape index (κ2) is 7.30. The van der Waals surface area contributed by atoms with Crippen LogP contribution in [-0.4, -0.2) is 53.3 Å². The molecular formula is C16H22N5O9. The maximum Gasteiger partial charge on any atom is 0.348 e. The highest BCUT2D eigenvalue weighted by Crippen LogP contribution is 2.48. The molecule has 1 saturated heterocycles. The SMILES string of the molecule is CC1(C)CC(O)(CNc2c([N+](=O)[O-])cc([N+](=O)[O-])c(O)c2[N+](=O)[O-])CC(C)(C)N1[O]. The summed E-state index contributed by atoms with van der Waals surface area (Å²) in [5.41, 5.74) is -7.83. The van der Waals surface area contributed by atoms with Crippen LogP contribution in [0.2, 0.25) is 0 Å². The first-order valence-electron chi connectivity index (χ1n) is 8.79. The molecule has 1 aliphatic rings. The zero-order valence-corrected chi connectivity index (χ0v) is 16.7. The quantitative estimate of drug-likeness (QED) is 0.445. The molecule has 0 atom stereocenters. The van der Waals surface area contributed by atoms with Crippen molar-refractivity contribution in [1.29, 1.82) is 0 Å². The van der Waals surface area contributed by atoms with Crippen LogP contribution in [0.5, 0.6) is 5.75 Å². The highest BCUT2D eigenvalue weighted by molar-refractivity contribution is 5.83. The number of rotatable bonds is 6. The lowest BCUT2D eigenvalue weighted by Gasteiger charge is -2.53. The van der Waals surface area contributed by atoms with E-state index < -0.39 is 66.5 Å². The molecule has 0 unspecified atom stereocenters. The maximum atomic E-state index is 12.5. The molecule has 1 aromatic carbocycles. The summed E-state index contributed by atoms with van der Waals surface area (Å²) in [6.45, 7) is 5.98. The molecule has 30 heavy (non-hydrogen) atoms. The van der Waals surface area contributed by atoms with Gasteiger partial charge in [0.2, 0.25) is 0 Å². The van der Waals surface area contributed by atoms with Crippen LogP contribution in [-0.2, 0) is 5.21 Å². The minimum absolute atomic E-state index is 0.0551. The lowest BCUT2D eigenvalue weighted by Crippen LogP contribution is -2.65. The normalized spacial score (nSPS) is 19.8. The molecule has 0 bridgehead atoms. The monoisotopic (exact) mass is 428 g/mol. The van der Waals surface area contributed by atoms with Gasteiger partial charge in [0, 0.05) is 17.6 Å². The lowest BCUT2D eigenvalue weighted by atomic mass is 9.72. The Morgan fingerprint density at radius 1 is 1.00 bits per heavy atom. The van der Waals surface area contributed by atoms with Crippen molar-refractivity contribution in [2.45, 2.75) is 57.2 Å². The van der Waals surface area contributed by atoms with Crippen molar-refractivity contribution < 1.29 is 30.2 Å². The predicted octanol–water partition coefficient (Wildman–Crippen LogP) is 2.26. The Labute approximate surface area is 170 Å². The number of hydroxylamine groups is 2. The lowest BCUT2D eigenvalue weighted by molar-refractivity contribution is -0.403. The molecule has 1 radical (unpaired) electrons. The highest BCUT2D eigenvalue weighted by atomic mass is 16.6. The molecule has 1 heterocycles. The van der Waals surface area contributed by atoms with Crippen molar-refractivity contribution in [3.63, 3.8) is 0 Å². The first-order chi connectivity index (χ1) is 13.5. The number of nitrogens with one attached hydrogen (secondary N) is 1. The molecule has 0 amide bonds. The fourth-order valence-corrected chi connectivity index (χ4v) is 4.28. The average molecular weight is 428 g/mol. The Kier molecular flexibility index (Phi) is 5.64. The third-order valence-corrected chi connectivity index (χ3v) is 5.03. The van der Waals surface area contributed by atoms with E-state index >= 15 is 0 Å². The third-order valence-electron chi connectivity index (χ3n) is 5.03. The molecule has 1 aliphatic heterocycles. The Morgan fingerprint density at radius 2 is 1.47 bits per heavy atom. The molecule has 1 fully saturated rings. The van der Waals surface area contributed by atoms with E-state index in [0.29, 0.717) is 6.07 Å². The van der Waals surface area contributed by atoms with Crippen LogP contribution in [0.3, 0.4) is 0 Å². The van der Waals surface area contributed by atoms with Gasteiger partial charge in [0.25, 0.3) is 5.75 Å². The van der Waals surface area contributed by atoms with Crippen LogP contribution >= 0.6 is 0 Å². The Morgan fingerprint density at radius 3 is 1.87 bits per heavy atom. The van der Waals surface area contributed by atoms with Gasteiger partial charge in [0.15, 0.2) is 5.69 Å². The smallest absolute Gasteiger partial charge is 0.348 e. The second-order valence-electron chi connectivity index (χ2n) is 8.61. The number of piperidine rings is 1. The van der Waals surface area contributed by atoms with Gasteiger partial charge in [-0.1, -0.05) is 0 Å². The number of benzene rings is 1. The number of aromatic hydroxyl groups is 1. The van der Waals surface area contributed by atoms with Gasteiger partial charge in [-0.05, 0) is 40.5 Å². The number of nitro groups is 3. The number of phenolic OH excluding ortho intramolecular Hbond substituents is 1. The Hall–Kier alpha value is -3.10. The topological polar surface area (TPSA) is 205 Å². The van der Waals surface area contributed by atoms with Gasteiger partial charge in [-0.3, -0.25) is 30.3 Å². The predicted molar refractivity (Wildman–Crippen MR) is 101 cm³/mol. The molecule has 0 aromatic heterocycles. The summed E-state index contributed by atoms with van der Waals surface area (Å²) in [6, 6.07) is 0.406. The van der Waals surface area contributed by atoms with Crippen molar-refractivity contribution >= 4 is 22.7 Å². The Balaban J connectivity index is 2.53. The van der Waals surface area contributed by atoms with E-state index in [0.717, 1.165) is 5.06 Å². The van der Waals surface area contributed by atoms with Crippen LogP contribution in [0.15, 0.2) is 6.07 Å². The largest absolute Gasteiger partial charge is 0.497 e. The highest BCUT2D eigenvalue weighted by Gasteiger charge is 2.52. The number of aliphatic hydroxyl groups is 1. The van der Waals surface area contributed by atoms with E-state index in [1.807, 2.05) is 0 Å². The molecule has 0 saturated carbocycles. The van der Waals surface area contributed by atoms with E-state index in [4.69, 9.17) is 0 Å². The third kappa shape index (κ3) is 4.10. The summed E-state index contributed by atoms with van der Waals surface area (Å²) < 4.78 is 0. The first-order valence-corrected chi connectivity index (χ1v) is 8.79. The molecule has 165 valence electrons. The first kappa shape index (κ1) is 23.2. The van der Waals surface area contributed by atoms with E-state index in [-0.39, 0.29) is 12.8 Å². The fourth-order valence-electron chi connectivity index (χ4n) is 4.28. The van der Waals surface area contributed by atoms with Gasteiger partial charge >= 0.3 is 17.1 Å². The van der Waals surface area contributed by atoms with Crippen molar-refractivity contribution in [3.05, 3.63) is 36.4 Å². The van der Waals surface area contributed by atoms with E-state index in [2.05, 4.69) is 5.32 Å². The van der Waals surface area contributed by atoms with E-state index in [1.54, 1.807) is 27.7 Å². The van der Waals surface area contributed by atoms with E-state index in [9.17, 15) is 45.8 Å². The molecular weight excluding hydrogens is 406 g/mol. The van der Waals surface area contributed by atoms with Gasteiger partial charge in [0.1, 0.15) is 6.07 Å². The molecule has 0 aliphatic carbocycles. The number of nitrogens with zero attached hydrogens (tertiary/aromatic N) is 4. The van der Waals surface area contributed by atoms with Crippen molar-refractivity contribution in [1.82, 2.24) is 5.06 Å². The van der Waals surface area contributed by atoms with Crippen LogP contribution < -0.4 is 5.32 Å². The van der Waals surface area contributed by atoms with Gasteiger partial charge < -0.3 is 15.5 Å². The van der Waals surface area contributed by atoms with Gasteiger partial charge in [-0.25, -0.2) is 0 Å². The van der Waals surface area contributed by atoms with Gasteiger partial charge in [-0.2, -0.15) is 0 Å². The minimum atomic E-state index is -1.59. The molecule has 14 nitrogen and oxygen atoms in total. The van der Waals surface area contributed by atoms with Crippen molar-refractivity contribution in [3.8, 4) is 5.75 Å². The fraction of sp³-hybridized carbons (Fsp3) is 0.625. The van der Waals surface area contributed by atoms with Crippen LogP contribution in [0.1, 0.15) is 40.5 Å². The molecule has 2 rings (SSSR count). The summed E-state index contributed by atoms with van der Waals surface area (Å²) in [6.07, 6.45) is -0.110. The second-order valence-corrected chi connectivity index (χ2v) is 8.61. The van der Waals surface area contributed by atoms with Crippen LogP contribution in [0.25, 0.3) is 0 Å². The zero-order valence-electron chi connectivity index (χ0n) is 16.7. The standard InChI is InChI=1S/C16H22N5O9/c1-14(2)6-16(23,7-15(3,4)21(14)30)8-17-11-9(18(24)25)5-10(19(26)27)13(22)12(11)20(28)29/h5,17,22-23H,6-8H2,1-4H3. The van der Waals surface area contributed by atoms with Gasteiger partial charge in [0.05, 0.1) is 20.4 Å². The summed E-state index contributed by atoms with van der Waals surface area (Å²) in [5.74, 6) is -1.35. The van der Waals surface area contributed by atoms with Crippen molar-refractivity contribution in [2.75, 3.05) is 11.9 Å². The minimum Gasteiger partial charge on any atom is -0.497 e. The number of nitro benzene ring substituents is 3. The summed E-state index contributed by atoms with van der Waals surface area (Å²) in [7, 11) is 0. The summed E-state index contributed by atoms with van der Waals surface area (Å²) >= 11 is 0. The molecule has 1 aromatic rings. The Bertz CT molecular complexity index is 897. The number of hydrogen-bond donors (Lipinski definition) is 3. The molecule has 0 spiro atoms. The van der Waals surface area contributed by atoms with E-state index in [1.165, 1.54) is 0 Å². The summed E-state index contributed by atoms with van der Waals surface area (Å²) in [4.78, 5) is 30.4. The zero-order chi connectivity index (χ0) is 23.2. The van der Waals surface area contributed by atoms with Crippen molar-refractivity contribution in [2.24, 2.45) is 0 Å². The number of phenols is 1. The number of hydrogen-bond acceptors (Lipinski definition) is 10. The van der Waals surface area contributed by atoms with Crippen LogP contribution in [0, 0.1) is 30.3 Å². The van der Waals surface area contributed by atoms with Crippen LogP contribution in [0.4, 0.5) is 22.7 Å². The van der Waals surface area contributed by atoms with Gasteiger partial charge in [-0.15, -0.1) is 10.3 Å². The summed E-state index contributed by atoms with van der Waals surface area (Å²) in [5, 5.41) is 70.6. The maximum absolute atomic E-state index is 12.5.